The monoisotopic (exact) mass is 454 g/mol. The van der Waals surface area contributed by atoms with Crippen LogP contribution in [0.4, 0.5) is 4.79 Å². The number of aliphatic carboxylic acids is 1. The van der Waals surface area contributed by atoms with E-state index in [0.29, 0.717) is 18.2 Å². The van der Waals surface area contributed by atoms with Crippen molar-refractivity contribution in [1.82, 2.24) is 19.8 Å². The van der Waals surface area contributed by atoms with Crippen molar-refractivity contribution in [2.45, 2.75) is 44.4 Å². The second-order valence-corrected chi connectivity index (χ2v) is 8.64. The van der Waals surface area contributed by atoms with Crippen LogP contribution in [0.15, 0.2) is 59.8 Å². The first-order chi connectivity index (χ1) is 15.5. The fourth-order valence-corrected chi connectivity index (χ4v) is 4.56. The van der Waals surface area contributed by atoms with E-state index in [2.05, 4.69) is 17.2 Å². The van der Waals surface area contributed by atoms with Gasteiger partial charge in [-0.1, -0.05) is 61.2 Å². The lowest BCUT2D eigenvalue weighted by Crippen LogP contribution is -2.42. The molecule has 7 nitrogen and oxygen atoms in total. The van der Waals surface area contributed by atoms with Crippen molar-refractivity contribution in [2.75, 3.05) is 18.8 Å². The Bertz CT molecular complexity index is 1040. The minimum atomic E-state index is -0.897. The maximum atomic E-state index is 12.8. The molecule has 1 unspecified atom stereocenters. The van der Waals surface area contributed by atoms with Crippen molar-refractivity contribution in [3.05, 3.63) is 60.2 Å². The number of carbonyl (C=O) groups is 2. The van der Waals surface area contributed by atoms with Crippen LogP contribution < -0.4 is 5.32 Å². The minimum absolute atomic E-state index is 0.00134. The van der Waals surface area contributed by atoms with Gasteiger partial charge in [0.15, 0.2) is 5.16 Å². The third-order valence-electron chi connectivity index (χ3n) is 5.22. The van der Waals surface area contributed by atoms with Gasteiger partial charge in [-0.15, -0.1) is 0 Å². The van der Waals surface area contributed by atoms with Crippen molar-refractivity contribution < 1.29 is 14.7 Å². The van der Waals surface area contributed by atoms with Crippen molar-refractivity contribution >= 4 is 34.8 Å². The van der Waals surface area contributed by atoms with E-state index in [1.54, 1.807) is 4.57 Å². The first kappa shape index (κ1) is 23.7. The summed E-state index contributed by atoms with van der Waals surface area (Å²) >= 11 is 1.51. The maximum Gasteiger partial charge on any atom is 0.323 e. The SMILES string of the molecule is CCCN(C(=O)NCCCSc1nc2ccccc2n1CC(=O)O)C(C)c1ccccc1. The van der Waals surface area contributed by atoms with Gasteiger partial charge in [0, 0.05) is 18.8 Å². The smallest absolute Gasteiger partial charge is 0.323 e. The lowest BCUT2D eigenvalue weighted by Gasteiger charge is -2.29. The van der Waals surface area contributed by atoms with Crippen LogP contribution in [0.3, 0.4) is 0 Å². The number of hydrogen-bond acceptors (Lipinski definition) is 4. The second-order valence-electron chi connectivity index (χ2n) is 7.58. The summed E-state index contributed by atoms with van der Waals surface area (Å²) in [6.07, 6.45) is 1.65. The highest BCUT2D eigenvalue weighted by molar-refractivity contribution is 7.99. The van der Waals surface area contributed by atoms with Gasteiger partial charge in [0.2, 0.25) is 0 Å². The lowest BCUT2D eigenvalue weighted by molar-refractivity contribution is -0.137. The van der Waals surface area contributed by atoms with Gasteiger partial charge < -0.3 is 19.9 Å². The topological polar surface area (TPSA) is 87.5 Å². The zero-order valence-corrected chi connectivity index (χ0v) is 19.3. The van der Waals surface area contributed by atoms with Gasteiger partial charge in [-0.3, -0.25) is 4.79 Å². The minimum Gasteiger partial charge on any atom is -0.480 e. The molecule has 0 bridgehead atoms. The van der Waals surface area contributed by atoms with Crippen LogP contribution in [0.1, 0.15) is 38.3 Å². The van der Waals surface area contributed by atoms with Gasteiger partial charge in [0.1, 0.15) is 6.54 Å². The van der Waals surface area contributed by atoms with E-state index in [4.69, 9.17) is 0 Å². The number of carbonyl (C=O) groups excluding carboxylic acids is 1. The standard InChI is InChI=1S/C24H30N4O3S/c1-3-15-27(18(2)19-10-5-4-6-11-19)23(31)25-14-9-16-32-24-26-20-12-7-8-13-21(20)28(24)17-22(29)30/h4-8,10-13,18H,3,9,14-17H2,1-2H3,(H,25,31)(H,29,30). The molecule has 2 aromatic carbocycles. The Kier molecular flexibility index (Phi) is 8.56. The molecule has 1 atom stereocenters. The predicted molar refractivity (Wildman–Crippen MR) is 128 cm³/mol. The Hall–Kier alpha value is -3.00. The van der Waals surface area contributed by atoms with Crippen molar-refractivity contribution in [3.63, 3.8) is 0 Å². The molecule has 3 aromatic rings. The summed E-state index contributed by atoms with van der Waals surface area (Å²) < 4.78 is 1.73. The average molecular weight is 455 g/mol. The molecule has 0 saturated carbocycles. The number of nitrogens with zero attached hydrogens (tertiary/aromatic N) is 3. The van der Waals surface area contributed by atoms with Crippen LogP contribution in [-0.4, -0.2) is 50.4 Å². The van der Waals surface area contributed by atoms with Gasteiger partial charge in [0.05, 0.1) is 17.1 Å². The van der Waals surface area contributed by atoms with Gasteiger partial charge in [-0.25, -0.2) is 9.78 Å². The van der Waals surface area contributed by atoms with E-state index in [1.165, 1.54) is 11.8 Å². The highest BCUT2D eigenvalue weighted by Gasteiger charge is 2.20. The normalized spacial score (nSPS) is 11.9. The van der Waals surface area contributed by atoms with Crippen LogP contribution in [0.2, 0.25) is 0 Å². The molecule has 0 spiro atoms. The predicted octanol–water partition coefficient (Wildman–Crippen LogP) is 4.79. The van der Waals surface area contributed by atoms with Gasteiger partial charge >= 0.3 is 12.0 Å². The van der Waals surface area contributed by atoms with E-state index in [1.807, 2.05) is 66.4 Å². The van der Waals surface area contributed by atoms with Crippen LogP contribution in [-0.2, 0) is 11.3 Å². The first-order valence-corrected chi connectivity index (χ1v) is 11.9. The Morgan fingerprint density at radius 1 is 1.16 bits per heavy atom. The number of thioether (sulfide) groups is 1. The molecule has 0 radical (unpaired) electrons. The molecule has 0 saturated heterocycles. The van der Waals surface area contributed by atoms with E-state index in [0.717, 1.165) is 35.2 Å². The number of carboxylic acids is 1. The van der Waals surface area contributed by atoms with Crippen molar-refractivity contribution in [2.24, 2.45) is 0 Å². The number of hydrogen-bond donors (Lipinski definition) is 2. The zero-order chi connectivity index (χ0) is 22.9. The molecule has 3 rings (SSSR count). The van der Waals surface area contributed by atoms with E-state index < -0.39 is 5.97 Å². The lowest BCUT2D eigenvalue weighted by atomic mass is 10.1. The molecule has 1 heterocycles. The number of carboxylic acid groups (broad SMARTS) is 1. The van der Waals surface area contributed by atoms with Crippen molar-refractivity contribution in [3.8, 4) is 0 Å². The van der Waals surface area contributed by atoms with Gasteiger partial charge in [-0.2, -0.15) is 0 Å². The summed E-state index contributed by atoms with van der Waals surface area (Å²) in [7, 11) is 0. The number of aromatic nitrogens is 2. The van der Waals surface area contributed by atoms with Gasteiger partial charge in [-0.05, 0) is 37.5 Å². The molecule has 8 heteroatoms. The zero-order valence-electron chi connectivity index (χ0n) is 18.5. The largest absolute Gasteiger partial charge is 0.480 e. The molecule has 170 valence electrons. The van der Waals surface area contributed by atoms with E-state index in [9.17, 15) is 14.7 Å². The molecule has 2 amide bonds. The van der Waals surface area contributed by atoms with E-state index >= 15 is 0 Å². The number of urea groups is 1. The molecule has 1 aromatic heterocycles. The Balaban J connectivity index is 1.53. The molecule has 2 N–H and O–H groups in total. The summed E-state index contributed by atoms with van der Waals surface area (Å²) in [6, 6.07) is 17.5. The molecule has 32 heavy (non-hydrogen) atoms. The quantitative estimate of drug-likeness (QED) is 0.321. The first-order valence-electron chi connectivity index (χ1n) is 10.9. The number of imidazole rings is 1. The molecule has 0 aliphatic heterocycles. The highest BCUT2D eigenvalue weighted by Crippen LogP contribution is 2.24. The second kappa shape index (κ2) is 11.6. The number of benzene rings is 2. The summed E-state index contributed by atoms with van der Waals surface area (Å²) in [4.78, 5) is 30.5. The number of para-hydroxylation sites is 2. The molecular weight excluding hydrogens is 424 g/mol. The molecule has 0 fully saturated rings. The van der Waals surface area contributed by atoms with Crippen LogP contribution in [0, 0.1) is 0 Å². The summed E-state index contributed by atoms with van der Waals surface area (Å²) in [5.74, 6) is -0.170. The molecule has 0 aliphatic rings. The van der Waals surface area contributed by atoms with Crippen LogP contribution in [0.5, 0.6) is 0 Å². The fourth-order valence-electron chi connectivity index (χ4n) is 3.61. The summed E-state index contributed by atoms with van der Waals surface area (Å²) in [5.41, 5.74) is 2.72. The molecular formula is C24H30N4O3S. The fraction of sp³-hybridized carbons (Fsp3) is 0.375. The average Bonchev–Trinajstić information content (AvgIpc) is 3.14. The Morgan fingerprint density at radius 3 is 2.59 bits per heavy atom. The number of amides is 2. The third-order valence-corrected chi connectivity index (χ3v) is 6.28. The summed E-state index contributed by atoms with van der Waals surface area (Å²) in [6.45, 7) is 5.23. The number of rotatable bonds is 11. The Labute approximate surface area is 192 Å². The summed E-state index contributed by atoms with van der Waals surface area (Å²) in [5, 5.41) is 13.0. The van der Waals surface area contributed by atoms with Crippen LogP contribution in [0.25, 0.3) is 11.0 Å². The number of nitrogens with one attached hydrogen (secondary N) is 1. The van der Waals surface area contributed by atoms with Crippen molar-refractivity contribution in [1.29, 1.82) is 0 Å². The Morgan fingerprint density at radius 2 is 1.88 bits per heavy atom. The van der Waals surface area contributed by atoms with Gasteiger partial charge in [0.25, 0.3) is 0 Å². The maximum absolute atomic E-state index is 12.8. The molecule has 0 aliphatic carbocycles. The van der Waals surface area contributed by atoms with E-state index in [-0.39, 0.29) is 18.6 Å². The highest BCUT2D eigenvalue weighted by atomic mass is 32.2. The van der Waals surface area contributed by atoms with Crippen LogP contribution >= 0.6 is 11.8 Å². The number of fused-ring (bicyclic) bond motifs is 1. The third kappa shape index (κ3) is 6.03.